The summed E-state index contributed by atoms with van der Waals surface area (Å²) >= 11 is 0. The van der Waals surface area contributed by atoms with Crippen LogP contribution in [0.15, 0.2) is 24.3 Å². The summed E-state index contributed by atoms with van der Waals surface area (Å²) in [5.41, 5.74) is 0.259. The van der Waals surface area contributed by atoms with E-state index in [9.17, 15) is 9.90 Å². The number of hydrogen-bond acceptors (Lipinski definition) is 4. The second-order valence-corrected chi connectivity index (χ2v) is 2.87. The second-order valence-electron chi connectivity index (χ2n) is 2.87. The monoisotopic (exact) mass is 200 g/mol. The molecule has 1 unspecified atom stereocenters. The lowest BCUT2D eigenvalue weighted by Crippen LogP contribution is -2.17. The lowest BCUT2D eigenvalue weighted by molar-refractivity contribution is -0.163. The summed E-state index contributed by atoms with van der Waals surface area (Å²) < 4.78 is 4.61. The summed E-state index contributed by atoms with van der Waals surface area (Å²) in [6, 6.07) is 0. The Morgan fingerprint density at radius 3 is 2.71 bits per heavy atom. The van der Waals surface area contributed by atoms with E-state index in [1.807, 2.05) is 0 Å². The molecule has 14 heavy (non-hydrogen) atoms. The molecule has 80 valence electrons. The molecule has 0 heterocycles. The Hall–Kier alpha value is -1.13. The zero-order valence-electron chi connectivity index (χ0n) is 8.27. The second kappa shape index (κ2) is 7.29. The van der Waals surface area contributed by atoms with Gasteiger partial charge in [-0.1, -0.05) is 18.7 Å². The predicted octanol–water partition coefficient (Wildman–Crippen LogP) is 0.753. The highest BCUT2D eigenvalue weighted by Crippen LogP contribution is 2.03. The smallest absolute Gasteiger partial charge is 0.335 e. The molecule has 0 saturated carbocycles. The van der Waals surface area contributed by atoms with E-state index in [0.717, 1.165) is 0 Å². The molecule has 0 amide bonds. The summed E-state index contributed by atoms with van der Waals surface area (Å²) in [6.07, 6.45) is 3.02. The van der Waals surface area contributed by atoms with Crippen molar-refractivity contribution in [2.75, 3.05) is 6.61 Å². The number of rotatable bonds is 6. The molecule has 0 fully saturated rings. The van der Waals surface area contributed by atoms with Crippen molar-refractivity contribution in [3.8, 4) is 0 Å². The molecule has 2 N–H and O–H groups in total. The van der Waals surface area contributed by atoms with E-state index in [1.54, 1.807) is 12.2 Å². The number of aliphatic hydroxyl groups is 2. The Morgan fingerprint density at radius 1 is 1.57 bits per heavy atom. The van der Waals surface area contributed by atoms with Crippen molar-refractivity contribution in [2.45, 2.75) is 26.1 Å². The fourth-order valence-corrected chi connectivity index (χ4v) is 0.714. The number of esters is 1. The quantitative estimate of drug-likeness (QED) is 0.287. The molecule has 0 radical (unpaired) electrons. The van der Waals surface area contributed by atoms with Gasteiger partial charge in [-0.05, 0) is 13.3 Å². The minimum atomic E-state index is -1.11. The van der Waals surface area contributed by atoms with Crippen molar-refractivity contribution >= 4 is 5.97 Å². The Morgan fingerprint density at radius 2 is 2.21 bits per heavy atom. The van der Waals surface area contributed by atoms with Gasteiger partial charge in [0.1, 0.15) is 0 Å². The molecule has 4 nitrogen and oxygen atoms in total. The number of carbonyl (C=O) groups is 1. The summed E-state index contributed by atoms with van der Waals surface area (Å²) in [5.74, 6) is -0.594. The average Bonchev–Trinajstić information content (AvgIpc) is 2.12. The van der Waals surface area contributed by atoms with E-state index in [4.69, 9.17) is 5.11 Å². The molecule has 0 aliphatic carbocycles. The minimum Gasteiger partial charge on any atom is -0.433 e. The van der Waals surface area contributed by atoms with Crippen molar-refractivity contribution in [1.29, 1.82) is 0 Å². The van der Waals surface area contributed by atoms with Crippen LogP contribution in [-0.2, 0) is 9.53 Å². The molecule has 0 rings (SSSR count). The first-order valence-corrected chi connectivity index (χ1v) is 4.38. The molecule has 1 atom stereocenters. The number of hydrogen-bond donors (Lipinski definition) is 2. The fraction of sp³-hybridized carbons (Fsp3) is 0.500. The van der Waals surface area contributed by atoms with Crippen molar-refractivity contribution in [2.24, 2.45) is 0 Å². The lowest BCUT2D eigenvalue weighted by atomic mass is 10.3. The third-order valence-electron chi connectivity index (χ3n) is 1.44. The zero-order valence-corrected chi connectivity index (χ0v) is 8.27. The first-order valence-electron chi connectivity index (χ1n) is 4.38. The molecule has 0 saturated heterocycles. The number of carbonyl (C=O) groups excluding carboxylic acids is 1. The Labute approximate surface area is 83.5 Å². The fourth-order valence-electron chi connectivity index (χ4n) is 0.714. The van der Waals surface area contributed by atoms with Gasteiger partial charge in [-0.3, -0.25) is 0 Å². The highest BCUT2D eigenvalue weighted by atomic mass is 16.6. The minimum absolute atomic E-state index is 0.0261. The van der Waals surface area contributed by atoms with E-state index in [1.165, 1.54) is 6.92 Å². The van der Waals surface area contributed by atoms with Crippen LogP contribution in [0.3, 0.4) is 0 Å². The van der Waals surface area contributed by atoms with Crippen LogP contribution in [-0.4, -0.2) is 29.1 Å². The maximum atomic E-state index is 10.9. The van der Waals surface area contributed by atoms with Crippen LogP contribution in [0.2, 0.25) is 0 Å². The van der Waals surface area contributed by atoms with Gasteiger partial charge in [-0.15, -0.1) is 0 Å². The maximum Gasteiger partial charge on any atom is 0.335 e. The zero-order chi connectivity index (χ0) is 11.0. The molecule has 0 aliphatic rings. The lowest BCUT2D eigenvalue weighted by Gasteiger charge is -2.10. The topological polar surface area (TPSA) is 66.8 Å². The van der Waals surface area contributed by atoms with Crippen LogP contribution in [0, 0.1) is 0 Å². The molecule has 0 aromatic carbocycles. The average molecular weight is 200 g/mol. The number of ether oxygens (including phenoxy) is 1. The van der Waals surface area contributed by atoms with Crippen molar-refractivity contribution < 1.29 is 19.7 Å². The van der Waals surface area contributed by atoms with Crippen LogP contribution in [0.25, 0.3) is 0 Å². The summed E-state index contributed by atoms with van der Waals surface area (Å²) in [4.78, 5) is 10.9. The highest BCUT2D eigenvalue weighted by molar-refractivity contribution is 5.86. The standard InChI is InChI=1S/C10H16O4/c1-8(2)10(13)14-9(12)6-4-3-5-7-11/h3,5,9,11-12H,1,4,6-7H2,2H3. The summed E-state index contributed by atoms with van der Waals surface area (Å²) in [5, 5.41) is 17.6. The van der Waals surface area contributed by atoms with Crippen LogP contribution in [0.5, 0.6) is 0 Å². The van der Waals surface area contributed by atoms with Crippen LogP contribution >= 0.6 is 0 Å². The van der Waals surface area contributed by atoms with E-state index >= 15 is 0 Å². The molecule has 0 aromatic rings. The van der Waals surface area contributed by atoms with Gasteiger partial charge in [0, 0.05) is 12.0 Å². The van der Waals surface area contributed by atoms with Gasteiger partial charge in [0.15, 0.2) is 0 Å². The maximum absolute atomic E-state index is 10.9. The number of aliphatic hydroxyl groups excluding tert-OH is 2. The van der Waals surface area contributed by atoms with Gasteiger partial charge in [-0.2, -0.15) is 0 Å². The van der Waals surface area contributed by atoms with Crippen LogP contribution < -0.4 is 0 Å². The molecule has 0 spiro atoms. The molecular weight excluding hydrogens is 184 g/mol. The van der Waals surface area contributed by atoms with Crippen LogP contribution in [0.1, 0.15) is 19.8 Å². The molecular formula is C10H16O4. The van der Waals surface area contributed by atoms with Gasteiger partial charge < -0.3 is 14.9 Å². The van der Waals surface area contributed by atoms with Gasteiger partial charge in [0.2, 0.25) is 6.29 Å². The summed E-state index contributed by atoms with van der Waals surface area (Å²) in [7, 11) is 0. The third kappa shape index (κ3) is 6.39. The molecule has 0 aliphatic heterocycles. The number of allylic oxidation sites excluding steroid dienone is 1. The molecule has 0 aromatic heterocycles. The van der Waals surface area contributed by atoms with Crippen LogP contribution in [0.4, 0.5) is 0 Å². The van der Waals surface area contributed by atoms with E-state index in [0.29, 0.717) is 12.8 Å². The molecule has 4 heteroatoms. The van der Waals surface area contributed by atoms with Crippen molar-refractivity contribution in [3.05, 3.63) is 24.3 Å². The first kappa shape index (κ1) is 12.9. The van der Waals surface area contributed by atoms with Gasteiger partial charge in [-0.25, -0.2) is 4.79 Å². The first-order chi connectivity index (χ1) is 6.57. The Balaban J connectivity index is 3.65. The highest BCUT2D eigenvalue weighted by Gasteiger charge is 2.09. The van der Waals surface area contributed by atoms with Gasteiger partial charge in [0.05, 0.1) is 6.61 Å². The summed E-state index contributed by atoms with van der Waals surface area (Å²) in [6.45, 7) is 4.87. The Bertz CT molecular complexity index is 220. The SMILES string of the molecule is C=C(C)C(=O)OC(O)CCC=CCO. The van der Waals surface area contributed by atoms with E-state index in [2.05, 4.69) is 11.3 Å². The Kier molecular flexibility index (Phi) is 6.70. The van der Waals surface area contributed by atoms with Crippen molar-refractivity contribution in [1.82, 2.24) is 0 Å². The predicted molar refractivity (Wildman–Crippen MR) is 52.4 cm³/mol. The molecule has 0 bridgehead atoms. The largest absolute Gasteiger partial charge is 0.433 e. The van der Waals surface area contributed by atoms with Crippen molar-refractivity contribution in [3.63, 3.8) is 0 Å². The third-order valence-corrected chi connectivity index (χ3v) is 1.44. The van der Waals surface area contributed by atoms with E-state index < -0.39 is 12.3 Å². The normalized spacial score (nSPS) is 12.8. The van der Waals surface area contributed by atoms with Gasteiger partial charge in [0.25, 0.3) is 0 Å². The van der Waals surface area contributed by atoms with Gasteiger partial charge >= 0.3 is 5.97 Å². The van der Waals surface area contributed by atoms with E-state index in [-0.39, 0.29) is 12.2 Å².